The molecule has 4 rings (SSSR count). The van der Waals surface area contributed by atoms with Crippen LogP contribution in [0.15, 0.2) is 61.2 Å². The summed E-state index contributed by atoms with van der Waals surface area (Å²) >= 11 is 0. The second-order valence-corrected chi connectivity index (χ2v) is 7.37. The standard InChI is InChI=1S/C23H24N4O/c1-17-4-2-5-19(14-17)22-23(26-12-11-25-22)20-6-3-13-27(16-20)21(28)15-18-7-9-24-10-8-18/h2,4-5,7-12,14,20H,3,6,13,15-16H2,1H3/t20-/m0/s1. The molecule has 142 valence electrons. The zero-order valence-electron chi connectivity index (χ0n) is 16.1. The molecule has 0 radical (unpaired) electrons. The van der Waals surface area contributed by atoms with Crippen LogP contribution in [0.3, 0.4) is 0 Å². The number of piperidine rings is 1. The van der Waals surface area contributed by atoms with Gasteiger partial charge in [0.05, 0.1) is 17.8 Å². The van der Waals surface area contributed by atoms with Crippen molar-refractivity contribution in [3.05, 3.63) is 78.0 Å². The Hall–Kier alpha value is -3.08. The maximum atomic E-state index is 12.8. The van der Waals surface area contributed by atoms with E-state index >= 15 is 0 Å². The first-order valence-corrected chi connectivity index (χ1v) is 9.75. The molecule has 5 heteroatoms. The van der Waals surface area contributed by atoms with E-state index in [-0.39, 0.29) is 11.8 Å². The molecular weight excluding hydrogens is 348 g/mol. The highest BCUT2D eigenvalue weighted by atomic mass is 16.2. The van der Waals surface area contributed by atoms with Gasteiger partial charge in [-0.1, -0.05) is 23.8 Å². The van der Waals surface area contributed by atoms with Gasteiger partial charge in [-0.05, 0) is 43.5 Å². The largest absolute Gasteiger partial charge is 0.342 e. The van der Waals surface area contributed by atoms with Gasteiger partial charge in [0, 0.05) is 49.4 Å². The summed E-state index contributed by atoms with van der Waals surface area (Å²) in [5.41, 5.74) is 5.21. The Bertz CT molecular complexity index is 958. The van der Waals surface area contributed by atoms with E-state index in [2.05, 4.69) is 46.1 Å². The minimum Gasteiger partial charge on any atom is -0.342 e. The molecule has 1 amide bonds. The number of carbonyl (C=O) groups excluding carboxylic acids is 1. The minimum atomic E-state index is 0.164. The zero-order valence-corrected chi connectivity index (χ0v) is 16.1. The molecule has 3 heterocycles. The molecule has 5 nitrogen and oxygen atoms in total. The number of amides is 1. The van der Waals surface area contributed by atoms with Gasteiger partial charge in [0.25, 0.3) is 0 Å². The van der Waals surface area contributed by atoms with Crippen molar-refractivity contribution in [3.8, 4) is 11.3 Å². The van der Waals surface area contributed by atoms with E-state index in [1.807, 2.05) is 17.0 Å². The fraction of sp³-hybridized carbons (Fsp3) is 0.304. The quantitative estimate of drug-likeness (QED) is 0.699. The molecule has 0 spiro atoms. The number of carbonyl (C=O) groups is 1. The van der Waals surface area contributed by atoms with Gasteiger partial charge in [-0.15, -0.1) is 0 Å². The number of benzene rings is 1. The van der Waals surface area contributed by atoms with E-state index in [0.29, 0.717) is 13.0 Å². The smallest absolute Gasteiger partial charge is 0.227 e. The molecule has 28 heavy (non-hydrogen) atoms. The van der Waals surface area contributed by atoms with Gasteiger partial charge in [0.15, 0.2) is 0 Å². The Kier molecular flexibility index (Phi) is 5.42. The van der Waals surface area contributed by atoms with Crippen molar-refractivity contribution >= 4 is 5.91 Å². The van der Waals surface area contributed by atoms with Crippen LogP contribution >= 0.6 is 0 Å². The summed E-state index contributed by atoms with van der Waals surface area (Å²) in [4.78, 5) is 28.1. The van der Waals surface area contributed by atoms with Crippen molar-refractivity contribution in [1.82, 2.24) is 19.9 Å². The number of aromatic nitrogens is 3. The van der Waals surface area contributed by atoms with Crippen LogP contribution in [0.2, 0.25) is 0 Å². The summed E-state index contributed by atoms with van der Waals surface area (Å²) in [7, 11) is 0. The maximum Gasteiger partial charge on any atom is 0.227 e. The average molecular weight is 372 g/mol. The van der Waals surface area contributed by atoms with Gasteiger partial charge in [-0.3, -0.25) is 19.7 Å². The molecule has 0 saturated carbocycles. The number of aryl methyl sites for hydroxylation is 1. The van der Waals surface area contributed by atoms with Crippen molar-refractivity contribution in [2.45, 2.75) is 32.1 Å². The Morgan fingerprint density at radius 3 is 2.75 bits per heavy atom. The summed E-state index contributed by atoms with van der Waals surface area (Å²) in [6.45, 7) is 3.58. The van der Waals surface area contributed by atoms with E-state index in [0.717, 1.165) is 41.9 Å². The summed E-state index contributed by atoms with van der Waals surface area (Å²) in [6.07, 6.45) is 9.39. The molecule has 0 unspecified atom stereocenters. The van der Waals surface area contributed by atoms with Crippen LogP contribution in [0.4, 0.5) is 0 Å². The molecule has 3 aromatic rings. The Morgan fingerprint density at radius 2 is 1.93 bits per heavy atom. The minimum absolute atomic E-state index is 0.164. The van der Waals surface area contributed by atoms with Gasteiger partial charge < -0.3 is 4.90 Å². The van der Waals surface area contributed by atoms with Crippen LogP contribution in [0, 0.1) is 6.92 Å². The van der Waals surface area contributed by atoms with Crippen molar-refractivity contribution < 1.29 is 4.79 Å². The molecule has 0 aliphatic carbocycles. The van der Waals surface area contributed by atoms with Crippen LogP contribution in [0.25, 0.3) is 11.3 Å². The SMILES string of the molecule is Cc1cccc(-c2nccnc2[C@H]2CCCN(C(=O)Cc3ccncc3)C2)c1. The third-order valence-electron chi connectivity index (χ3n) is 5.28. The lowest BCUT2D eigenvalue weighted by Crippen LogP contribution is -2.40. The first kappa shape index (κ1) is 18.3. The highest BCUT2D eigenvalue weighted by Crippen LogP contribution is 2.32. The Labute approximate surface area is 165 Å². The van der Waals surface area contributed by atoms with Crippen LogP contribution in [-0.4, -0.2) is 38.8 Å². The fourth-order valence-corrected chi connectivity index (χ4v) is 3.88. The third-order valence-corrected chi connectivity index (χ3v) is 5.28. The molecule has 1 saturated heterocycles. The fourth-order valence-electron chi connectivity index (χ4n) is 3.88. The third kappa shape index (κ3) is 4.09. The summed E-state index contributed by atoms with van der Waals surface area (Å²) in [6, 6.07) is 12.2. The van der Waals surface area contributed by atoms with E-state index in [4.69, 9.17) is 0 Å². The average Bonchev–Trinajstić information content (AvgIpc) is 2.74. The van der Waals surface area contributed by atoms with E-state index < -0.39 is 0 Å². The topological polar surface area (TPSA) is 59.0 Å². The molecule has 1 fully saturated rings. The molecule has 1 atom stereocenters. The van der Waals surface area contributed by atoms with E-state index in [1.54, 1.807) is 24.8 Å². The van der Waals surface area contributed by atoms with Crippen LogP contribution in [-0.2, 0) is 11.2 Å². The number of pyridine rings is 1. The lowest BCUT2D eigenvalue weighted by molar-refractivity contribution is -0.131. The molecule has 0 N–H and O–H groups in total. The number of rotatable bonds is 4. The van der Waals surface area contributed by atoms with Gasteiger partial charge >= 0.3 is 0 Å². The molecule has 1 aromatic carbocycles. The van der Waals surface area contributed by atoms with Gasteiger partial charge in [0.1, 0.15) is 0 Å². The highest BCUT2D eigenvalue weighted by Gasteiger charge is 2.28. The number of hydrogen-bond acceptors (Lipinski definition) is 4. The van der Waals surface area contributed by atoms with Crippen molar-refractivity contribution in [1.29, 1.82) is 0 Å². The molecular formula is C23H24N4O. The monoisotopic (exact) mass is 372 g/mol. The molecule has 1 aliphatic rings. The summed E-state index contributed by atoms with van der Waals surface area (Å²) < 4.78 is 0. The Balaban J connectivity index is 1.55. The Morgan fingerprint density at radius 1 is 1.11 bits per heavy atom. The predicted molar refractivity (Wildman–Crippen MR) is 109 cm³/mol. The van der Waals surface area contributed by atoms with Gasteiger partial charge in [0.2, 0.25) is 5.91 Å². The number of hydrogen-bond donors (Lipinski definition) is 0. The molecule has 0 bridgehead atoms. The lowest BCUT2D eigenvalue weighted by Gasteiger charge is -2.33. The van der Waals surface area contributed by atoms with Crippen LogP contribution in [0.5, 0.6) is 0 Å². The van der Waals surface area contributed by atoms with Crippen molar-refractivity contribution in [3.63, 3.8) is 0 Å². The van der Waals surface area contributed by atoms with Gasteiger partial charge in [-0.25, -0.2) is 0 Å². The molecule has 1 aliphatic heterocycles. The van der Waals surface area contributed by atoms with Crippen molar-refractivity contribution in [2.75, 3.05) is 13.1 Å². The maximum absolute atomic E-state index is 12.8. The second-order valence-electron chi connectivity index (χ2n) is 7.37. The summed E-state index contributed by atoms with van der Waals surface area (Å²) in [5, 5.41) is 0. The van der Waals surface area contributed by atoms with Crippen LogP contribution in [0.1, 0.15) is 35.6 Å². The second kappa shape index (κ2) is 8.30. The predicted octanol–water partition coefficient (Wildman–Crippen LogP) is 3.80. The van der Waals surface area contributed by atoms with Crippen LogP contribution < -0.4 is 0 Å². The van der Waals surface area contributed by atoms with Crippen molar-refractivity contribution in [2.24, 2.45) is 0 Å². The first-order valence-electron chi connectivity index (χ1n) is 9.75. The lowest BCUT2D eigenvalue weighted by atomic mass is 9.91. The van der Waals surface area contributed by atoms with E-state index in [1.165, 1.54) is 5.56 Å². The highest BCUT2D eigenvalue weighted by molar-refractivity contribution is 5.79. The summed E-state index contributed by atoms with van der Waals surface area (Å²) in [5.74, 6) is 0.372. The van der Waals surface area contributed by atoms with Gasteiger partial charge in [-0.2, -0.15) is 0 Å². The van der Waals surface area contributed by atoms with E-state index in [9.17, 15) is 4.79 Å². The molecule has 2 aromatic heterocycles. The zero-order chi connectivity index (χ0) is 19.3. The number of likely N-dealkylation sites (tertiary alicyclic amines) is 1. The normalized spacial score (nSPS) is 16.8. The first-order chi connectivity index (χ1) is 13.7. The number of nitrogens with zero attached hydrogens (tertiary/aromatic N) is 4.